The van der Waals surface area contributed by atoms with Crippen LogP contribution in [0, 0.1) is 0 Å². The Balaban J connectivity index is 0. The first-order valence-corrected chi connectivity index (χ1v) is 3.81. The molecule has 0 rings (SSSR count). The summed E-state index contributed by atoms with van der Waals surface area (Å²) in [5.41, 5.74) is 4.90. The van der Waals surface area contributed by atoms with Crippen LogP contribution in [0.1, 0.15) is 0 Å². The lowest BCUT2D eigenvalue weighted by Gasteiger charge is -1.68. The lowest BCUT2D eigenvalue weighted by Crippen LogP contribution is -1.97. The molecule has 7 heteroatoms. The van der Waals surface area contributed by atoms with E-state index in [0.29, 0.717) is 12.4 Å². The van der Waals surface area contributed by atoms with Gasteiger partial charge >= 0.3 is 10.4 Å². The smallest absolute Gasteiger partial charge is 0.329 e. The third kappa shape index (κ3) is 242. The maximum Gasteiger partial charge on any atom is 0.394 e. The van der Waals surface area contributed by atoms with E-state index < -0.39 is 10.4 Å². The van der Waals surface area contributed by atoms with Crippen molar-refractivity contribution in [3.8, 4) is 0 Å². The van der Waals surface area contributed by atoms with Crippen LogP contribution < -0.4 is 5.73 Å². The molecule has 0 aromatic heterocycles. The van der Waals surface area contributed by atoms with Gasteiger partial charge in [-0.05, 0) is 0 Å². The van der Waals surface area contributed by atoms with Gasteiger partial charge in [-0.25, -0.2) is 0 Å². The summed E-state index contributed by atoms with van der Waals surface area (Å²) in [7, 11) is -4.67. The van der Waals surface area contributed by atoms with Gasteiger partial charge in [0.05, 0.1) is 0 Å². The molecule has 9 heavy (non-hydrogen) atoms. The molecule has 4 N–H and O–H groups in total. The van der Waals surface area contributed by atoms with Crippen LogP contribution in [-0.2, 0) is 10.4 Å². The van der Waals surface area contributed by atoms with Crippen molar-refractivity contribution in [2.45, 2.75) is 0 Å². The monoisotopic (exact) mass is 177 g/mol. The molecule has 0 heterocycles. The van der Waals surface area contributed by atoms with Crippen molar-refractivity contribution in [1.29, 1.82) is 0 Å². The van der Waals surface area contributed by atoms with Gasteiger partial charge in [0, 0.05) is 12.4 Å². The summed E-state index contributed by atoms with van der Waals surface area (Å²) in [4.78, 5) is 0. The zero-order chi connectivity index (χ0) is 7.91. The minimum Gasteiger partial charge on any atom is -0.329 e. The van der Waals surface area contributed by atoms with E-state index >= 15 is 0 Å². The van der Waals surface area contributed by atoms with E-state index in [0.717, 1.165) is 0 Å². The van der Waals surface area contributed by atoms with E-state index in [1.165, 1.54) is 0 Å². The van der Waals surface area contributed by atoms with Gasteiger partial charge < -0.3 is 5.73 Å². The second kappa shape index (κ2) is 6.24. The molecule has 58 valence electrons. The van der Waals surface area contributed by atoms with Crippen molar-refractivity contribution in [1.82, 2.24) is 0 Å². The minimum atomic E-state index is -4.67. The highest BCUT2D eigenvalue weighted by molar-refractivity contribution is 7.79. The van der Waals surface area contributed by atoms with Crippen LogP contribution >= 0.6 is 11.6 Å². The second-order valence-electron chi connectivity index (χ2n) is 0.925. The van der Waals surface area contributed by atoms with Crippen molar-refractivity contribution in [2.75, 3.05) is 12.4 Å². The first-order chi connectivity index (χ1) is 3.91. The number of nitrogens with two attached hydrogens (primary N) is 1. The van der Waals surface area contributed by atoms with Gasteiger partial charge in [0.25, 0.3) is 0 Å². The number of halogens is 1. The summed E-state index contributed by atoms with van der Waals surface area (Å²) in [5, 5.41) is 0. The van der Waals surface area contributed by atoms with Crippen molar-refractivity contribution in [3.05, 3.63) is 0 Å². The molecule has 0 aliphatic carbocycles. The Bertz CT molecular complexity index is 122. The third-order valence-corrected chi connectivity index (χ3v) is 0.327. The van der Waals surface area contributed by atoms with Crippen LogP contribution in [-0.4, -0.2) is 29.9 Å². The number of alkyl halides is 1. The molecule has 0 aliphatic rings. The van der Waals surface area contributed by atoms with E-state index in [9.17, 15) is 0 Å². The molecule has 0 saturated heterocycles. The lowest BCUT2D eigenvalue weighted by molar-refractivity contribution is 0.381. The number of hydrogen-bond acceptors (Lipinski definition) is 3. The van der Waals surface area contributed by atoms with Gasteiger partial charge in [-0.3, -0.25) is 9.11 Å². The molecule has 0 fully saturated rings. The maximum absolute atomic E-state index is 8.74. The molecule has 0 atom stereocenters. The largest absolute Gasteiger partial charge is 0.394 e. The Morgan fingerprint density at radius 1 is 1.44 bits per heavy atom. The topological polar surface area (TPSA) is 101 Å². The van der Waals surface area contributed by atoms with Crippen LogP contribution in [0.15, 0.2) is 0 Å². The molecule has 0 aliphatic heterocycles. The molecule has 0 unspecified atom stereocenters. The molecule has 0 radical (unpaired) electrons. The Hall–Kier alpha value is 0.120. The fourth-order valence-corrected chi connectivity index (χ4v) is 0. The average Bonchev–Trinajstić information content (AvgIpc) is 1.61. The summed E-state index contributed by atoms with van der Waals surface area (Å²) in [6, 6.07) is 0. The molecule has 0 amide bonds. The summed E-state index contributed by atoms with van der Waals surface area (Å²) in [6.45, 7) is 0.585. The van der Waals surface area contributed by atoms with Crippen LogP contribution in [0.3, 0.4) is 0 Å². The fraction of sp³-hybridized carbons (Fsp3) is 1.00. The highest BCUT2D eigenvalue weighted by Crippen LogP contribution is 1.60. The summed E-state index contributed by atoms with van der Waals surface area (Å²) in [6.07, 6.45) is 0. The third-order valence-electron chi connectivity index (χ3n) is 0.109. The predicted octanol–water partition coefficient (Wildman–Crippen LogP) is -0.469. The van der Waals surface area contributed by atoms with Gasteiger partial charge in [0.1, 0.15) is 0 Å². The molecule has 0 bridgehead atoms. The highest BCUT2D eigenvalue weighted by atomic mass is 35.5. The zero-order valence-corrected chi connectivity index (χ0v) is 6.06. The fourth-order valence-electron chi connectivity index (χ4n) is 0. The Morgan fingerprint density at radius 3 is 1.56 bits per heavy atom. The Labute approximate surface area is 58.4 Å². The van der Waals surface area contributed by atoms with Gasteiger partial charge in [-0.15, -0.1) is 11.6 Å². The van der Waals surface area contributed by atoms with E-state index in [1.807, 2.05) is 0 Å². The van der Waals surface area contributed by atoms with Gasteiger partial charge in [0.2, 0.25) is 0 Å². The van der Waals surface area contributed by atoms with Crippen LogP contribution in [0.4, 0.5) is 0 Å². The van der Waals surface area contributed by atoms with Crippen molar-refractivity contribution >= 4 is 22.0 Å². The zero-order valence-electron chi connectivity index (χ0n) is 4.49. The van der Waals surface area contributed by atoms with E-state index in [4.69, 9.17) is 34.9 Å². The Kier molecular flexibility index (Phi) is 8.23. The van der Waals surface area contributed by atoms with Crippen LogP contribution in [0.5, 0.6) is 0 Å². The highest BCUT2D eigenvalue weighted by Gasteiger charge is 1.84. The predicted molar refractivity (Wildman–Crippen MR) is 34.0 cm³/mol. The van der Waals surface area contributed by atoms with E-state index in [2.05, 4.69) is 0 Å². The maximum atomic E-state index is 8.74. The SMILES string of the molecule is NCCCl.O=S(=O)(O)O. The quantitative estimate of drug-likeness (QED) is 0.371. The number of rotatable bonds is 1. The molecule has 0 aromatic rings. The van der Waals surface area contributed by atoms with Crippen LogP contribution in [0.2, 0.25) is 0 Å². The summed E-state index contributed by atoms with van der Waals surface area (Å²) in [5.74, 6) is 0.569. The Morgan fingerprint density at radius 2 is 1.56 bits per heavy atom. The number of hydrogen-bond donors (Lipinski definition) is 3. The minimum absolute atomic E-state index is 0.569. The molecule has 0 saturated carbocycles. The molecular weight excluding hydrogens is 170 g/mol. The normalized spacial score (nSPS) is 9.78. The first kappa shape index (κ1) is 11.9. The molecule has 5 nitrogen and oxygen atoms in total. The van der Waals surface area contributed by atoms with E-state index in [-0.39, 0.29) is 0 Å². The average molecular weight is 178 g/mol. The van der Waals surface area contributed by atoms with Crippen LogP contribution in [0.25, 0.3) is 0 Å². The van der Waals surface area contributed by atoms with Gasteiger partial charge in [-0.2, -0.15) is 8.42 Å². The van der Waals surface area contributed by atoms with Crippen molar-refractivity contribution < 1.29 is 17.5 Å². The van der Waals surface area contributed by atoms with Crippen molar-refractivity contribution in [2.24, 2.45) is 5.73 Å². The molecule has 0 spiro atoms. The van der Waals surface area contributed by atoms with E-state index in [1.54, 1.807) is 0 Å². The van der Waals surface area contributed by atoms with Crippen molar-refractivity contribution in [3.63, 3.8) is 0 Å². The second-order valence-corrected chi connectivity index (χ2v) is 2.20. The molecular formula is C2H8ClNO4S. The summed E-state index contributed by atoms with van der Waals surface area (Å²) >= 11 is 5.06. The lowest BCUT2D eigenvalue weighted by atomic mass is 10.8. The van der Waals surface area contributed by atoms with Gasteiger partial charge in [-0.1, -0.05) is 0 Å². The summed E-state index contributed by atoms with van der Waals surface area (Å²) < 4.78 is 31.6. The molecule has 0 aromatic carbocycles. The first-order valence-electron chi connectivity index (χ1n) is 1.87. The standard InChI is InChI=1S/C2H6ClN.H2O4S/c3-1-2-4;1-5(2,3)4/h1-2,4H2;(H2,1,2,3,4). The van der Waals surface area contributed by atoms with Gasteiger partial charge in [0.15, 0.2) is 0 Å².